The molecule has 0 fully saturated rings. The molecule has 146 valence electrons. The Labute approximate surface area is 163 Å². The quantitative estimate of drug-likeness (QED) is 0.354. The van der Waals surface area contributed by atoms with E-state index in [2.05, 4.69) is 4.99 Å². The van der Waals surface area contributed by atoms with Crippen molar-refractivity contribution < 1.29 is 23.7 Å². The first-order valence-corrected chi connectivity index (χ1v) is 9.29. The average Bonchev–Trinajstić information content (AvgIpc) is 3.25. The van der Waals surface area contributed by atoms with Gasteiger partial charge < -0.3 is 13.7 Å². The van der Waals surface area contributed by atoms with E-state index in [0.717, 1.165) is 21.8 Å². The van der Waals surface area contributed by atoms with Crippen molar-refractivity contribution in [3.63, 3.8) is 0 Å². The van der Waals surface area contributed by atoms with E-state index in [0.29, 0.717) is 11.4 Å². The summed E-state index contributed by atoms with van der Waals surface area (Å²) in [6.45, 7) is 4.26. The second-order valence-corrected chi connectivity index (χ2v) is 6.88. The molecule has 0 unspecified atom stereocenters. The molecule has 9 nitrogen and oxygen atoms in total. The Balaban J connectivity index is 2.01. The molecule has 2 heterocycles. The molecule has 0 aliphatic heterocycles. The number of rotatable bonds is 6. The Morgan fingerprint density at radius 2 is 2.11 bits per heavy atom. The lowest BCUT2D eigenvalue weighted by Gasteiger charge is -2.05. The van der Waals surface area contributed by atoms with Crippen molar-refractivity contribution in [2.24, 2.45) is 4.99 Å². The van der Waals surface area contributed by atoms with E-state index < -0.39 is 16.7 Å². The second-order valence-electron chi connectivity index (χ2n) is 5.87. The Morgan fingerprint density at radius 3 is 2.79 bits per heavy atom. The summed E-state index contributed by atoms with van der Waals surface area (Å²) in [6.07, 6.45) is 0.126. The summed E-state index contributed by atoms with van der Waals surface area (Å²) >= 11 is 1.29. The van der Waals surface area contributed by atoms with Gasteiger partial charge in [0.25, 0.3) is 0 Å². The second kappa shape index (κ2) is 8.17. The number of furan rings is 1. The van der Waals surface area contributed by atoms with E-state index >= 15 is 0 Å². The maximum Gasteiger partial charge on any atom is 0.433 e. The molecule has 10 heteroatoms. The van der Waals surface area contributed by atoms with Gasteiger partial charge in [-0.2, -0.15) is 4.99 Å². The zero-order valence-electron chi connectivity index (χ0n) is 15.2. The summed E-state index contributed by atoms with van der Waals surface area (Å²) in [5, 5.41) is 10.7. The van der Waals surface area contributed by atoms with E-state index in [4.69, 9.17) is 9.15 Å². The Morgan fingerprint density at radius 1 is 1.32 bits per heavy atom. The van der Waals surface area contributed by atoms with Crippen molar-refractivity contribution in [3.8, 4) is 0 Å². The van der Waals surface area contributed by atoms with E-state index in [1.165, 1.54) is 17.4 Å². The number of hydrogen-bond donors (Lipinski definition) is 0. The number of nitro groups is 1. The number of nitrogens with zero attached hydrogens (tertiary/aromatic N) is 3. The molecular formula is C18H17N3O6S. The van der Waals surface area contributed by atoms with Gasteiger partial charge in [0.2, 0.25) is 5.76 Å². The number of esters is 1. The number of aryl methyl sites for hydroxylation is 2. The first-order chi connectivity index (χ1) is 13.4. The number of ether oxygens (including phenoxy) is 1. The highest BCUT2D eigenvalue weighted by atomic mass is 32.1. The molecule has 0 radical (unpaired) electrons. The first-order valence-electron chi connectivity index (χ1n) is 8.48. The molecule has 28 heavy (non-hydrogen) atoms. The van der Waals surface area contributed by atoms with Gasteiger partial charge in [-0.25, -0.2) is 0 Å². The molecule has 0 saturated carbocycles. The summed E-state index contributed by atoms with van der Waals surface area (Å²) in [5.41, 5.74) is 1.88. The fourth-order valence-electron chi connectivity index (χ4n) is 2.60. The number of fused-ring (bicyclic) bond motifs is 1. The zero-order valence-corrected chi connectivity index (χ0v) is 16.0. The third-order valence-electron chi connectivity index (χ3n) is 3.86. The van der Waals surface area contributed by atoms with Crippen molar-refractivity contribution in [3.05, 3.63) is 56.6 Å². The summed E-state index contributed by atoms with van der Waals surface area (Å²) < 4.78 is 12.5. The minimum atomic E-state index is -0.735. The third-order valence-corrected chi connectivity index (χ3v) is 4.90. The maximum atomic E-state index is 12.4. The van der Waals surface area contributed by atoms with Crippen LogP contribution < -0.4 is 4.80 Å². The van der Waals surface area contributed by atoms with Crippen molar-refractivity contribution in [2.75, 3.05) is 6.61 Å². The third kappa shape index (κ3) is 4.17. The van der Waals surface area contributed by atoms with Gasteiger partial charge in [0, 0.05) is 6.54 Å². The van der Waals surface area contributed by atoms with Crippen molar-refractivity contribution in [2.45, 2.75) is 26.8 Å². The number of carbonyl (C=O) groups is 2. The highest BCUT2D eigenvalue weighted by molar-refractivity contribution is 7.16. The molecule has 0 atom stereocenters. The van der Waals surface area contributed by atoms with Crippen LogP contribution in [0.2, 0.25) is 0 Å². The predicted octanol–water partition coefficient (Wildman–Crippen LogP) is 3.21. The van der Waals surface area contributed by atoms with Crippen molar-refractivity contribution in [1.82, 2.24) is 4.57 Å². The Bertz CT molecular complexity index is 1120. The molecular weight excluding hydrogens is 386 g/mol. The van der Waals surface area contributed by atoms with Gasteiger partial charge in [0.15, 0.2) is 4.80 Å². The monoisotopic (exact) mass is 403 g/mol. The number of hydrogen-bond acceptors (Lipinski definition) is 7. The lowest BCUT2D eigenvalue weighted by atomic mass is 10.2. The minimum absolute atomic E-state index is 0.126. The SMILES string of the molecule is CCOC(=O)CCn1c(=NC(=O)c2ccc([N+](=O)[O-])o2)sc2cc(C)ccc21. The molecule has 1 amide bonds. The van der Waals surface area contributed by atoms with Crippen LogP contribution in [0.3, 0.4) is 0 Å². The molecule has 3 aromatic rings. The minimum Gasteiger partial charge on any atom is -0.466 e. The van der Waals surface area contributed by atoms with Crippen LogP contribution in [0.4, 0.5) is 5.88 Å². The smallest absolute Gasteiger partial charge is 0.433 e. The molecule has 0 bridgehead atoms. The molecule has 0 N–H and O–H groups in total. The maximum absolute atomic E-state index is 12.4. The molecule has 0 aliphatic carbocycles. The normalized spacial score (nSPS) is 11.7. The van der Waals surface area contributed by atoms with Crippen LogP contribution >= 0.6 is 11.3 Å². The highest BCUT2D eigenvalue weighted by Crippen LogP contribution is 2.20. The van der Waals surface area contributed by atoms with Gasteiger partial charge >= 0.3 is 17.8 Å². The van der Waals surface area contributed by atoms with Crippen LogP contribution in [-0.4, -0.2) is 28.0 Å². The number of aromatic nitrogens is 1. The van der Waals surface area contributed by atoms with Crippen LogP contribution in [-0.2, 0) is 16.1 Å². The van der Waals surface area contributed by atoms with Crippen molar-refractivity contribution >= 4 is 39.3 Å². The van der Waals surface area contributed by atoms with E-state index in [1.54, 1.807) is 11.5 Å². The molecule has 2 aromatic heterocycles. The summed E-state index contributed by atoms with van der Waals surface area (Å²) in [7, 11) is 0. The topological polar surface area (TPSA) is 117 Å². The van der Waals surface area contributed by atoms with E-state index in [1.807, 2.05) is 25.1 Å². The molecule has 0 aliphatic rings. The number of amides is 1. The fourth-order valence-corrected chi connectivity index (χ4v) is 3.75. The average molecular weight is 403 g/mol. The van der Waals surface area contributed by atoms with E-state index in [9.17, 15) is 19.7 Å². The lowest BCUT2D eigenvalue weighted by Crippen LogP contribution is -2.19. The largest absolute Gasteiger partial charge is 0.466 e. The van der Waals surface area contributed by atoms with Crippen LogP contribution in [0.15, 0.2) is 39.7 Å². The van der Waals surface area contributed by atoms with Crippen LogP contribution in [0.5, 0.6) is 0 Å². The zero-order chi connectivity index (χ0) is 20.3. The van der Waals surface area contributed by atoms with Gasteiger partial charge in [-0.15, -0.1) is 0 Å². The fraction of sp³-hybridized carbons (Fsp3) is 0.278. The summed E-state index contributed by atoms with van der Waals surface area (Å²) in [4.78, 5) is 38.6. The standard InChI is InChI=1S/C18H17N3O6S/c1-3-26-16(22)8-9-20-12-5-4-11(2)10-14(12)28-18(20)19-17(23)13-6-7-15(27-13)21(24)25/h4-7,10H,3,8-9H2,1-2H3. The van der Waals surface area contributed by atoms with Crippen LogP contribution in [0.25, 0.3) is 10.2 Å². The number of benzene rings is 1. The number of thiazole rings is 1. The summed E-state index contributed by atoms with van der Waals surface area (Å²) in [5.74, 6) is -1.83. The molecule has 0 spiro atoms. The lowest BCUT2D eigenvalue weighted by molar-refractivity contribution is -0.402. The van der Waals surface area contributed by atoms with E-state index in [-0.39, 0.29) is 24.7 Å². The van der Waals surface area contributed by atoms with Gasteiger partial charge in [0.1, 0.15) is 4.92 Å². The van der Waals surface area contributed by atoms with Gasteiger partial charge in [-0.05, 0) is 37.6 Å². The molecule has 1 aromatic carbocycles. The van der Waals surface area contributed by atoms with Gasteiger partial charge in [0.05, 0.1) is 29.3 Å². The van der Waals surface area contributed by atoms with Gasteiger partial charge in [-0.3, -0.25) is 19.7 Å². The predicted molar refractivity (Wildman–Crippen MR) is 101 cm³/mol. The first kappa shape index (κ1) is 19.5. The van der Waals surface area contributed by atoms with Crippen LogP contribution in [0.1, 0.15) is 29.5 Å². The van der Waals surface area contributed by atoms with Crippen LogP contribution in [0, 0.1) is 17.0 Å². The molecule has 0 saturated heterocycles. The van der Waals surface area contributed by atoms with Gasteiger partial charge in [-0.1, -0.05) is 17.4 Å². The summed E-state index contributed by atoms with van der Waals surface area (Å²) in [6, 6.07) is 8.10. The highest BCUT2D eigenvalue weighted by Gasteiger charge is 2.18. The number of carbonyl (C=O) groups excluding carboxylic acids is 2. The van der Waals surface area contributed by atoms with Crippen molar-refractivity contribution in [1.29, 1.82) is 0 Å². The molecule has 3 rings (SSSR count). The Hall–Kier alpha value is -3.27. The Kier molecular flexibility index (Phi) is 5.69.